The zero-order valence-electron chi connectivity index (χ0n) is 19.6. The molecule has 0 radical (unpaired) electrons. The predicted octanol–water partition coefficient (Wildman–Crippen LogP) is 7.00. The number of sulfone groups is 1. The third-order valence-electron chi connectivity index (χ3n) is 5.71. The SMILES string of the molecule is CCCCCCCCCC(CCCCCCCC(=O)OCCCC)S(=O)(=O)CC. The molecule has 4 nitrogen and oxygen atoms in total. The summed E-state index contributed by atoms with van der Waals surface area (Å²) in [6, 6.07) is 0. The Morgan fingerprint density at radius 3 is 1.69 bits per heavy atom. The van der Waals surface area contributed by atoms with Crippen LogP contribution in [-0.4, -0.2) is 32.0 Å². The Hall–Kier alpha value is -0.580. The third kappa shape index (κ3) is 16.9. The van der Waals surface area contributed by atoms with Crippen LogP contribution in [0.1, 0.15) is 130 Å². The molecule has 0 aliphatic carbocycles. The molecule has 0 heterocycles. The minimum atomic E-state index is -2.94. The summed E-state index contributed by atoms with van der Waals surface area (Å²) >= 11 is 0. The van der Waals surface area contributed by atoms with Crippen molar-refractivity contribution in [1.29, 1.82) is 0 Å². The van der Waals surface area contributed by atoms with Gasteiger partial charge in [0.1, 0.15) is 0 Å². The van der Waals surface area contributed by atoms with E-state index in [0.29, 0.717) is 13.0 Å². The Bertz CT molecular complexity index is 473. The Morgan fingerprint density at radius 2 is 1.17 bits per heavy atom. The van der Waals surface area contributed by atoms with Crippen molar-refractivity contribution in [3.63, 3.8) is 0 Å². The first-order chi connectivity index (χ1) is 14.0. The molecule has 0 fully saturated rings. The molecule has 0 aliphatic rings. The summed E-state index contributed by atoms with van der Waals surface area (Å²) in [6.45, 7) is 6.62. The second-order valence-corrected chi connectivity index (χ2v) is 10.9. The van der Waals surface area contributed by atoms with E-state index in [1.165, 1.54) is 32.1 Å². The normalized spacial score (nSPS) is 12.8. The van der Waals surface area contributed by atoms with Crippen LogP contribution in [0.4, 0.5) is 0 Å². The Balaban J connectivity index is 3.89. The second-order valence-electron chi connectivity index (χ2n) is 8.36. The zero-order chi connectivity index (χ0) is 21.8. The third-order valence-corrected chi connectivity index (χ3v) is 8.00. The van der Waals surface area contributed by atoms with Gasteiger partial charge in [-0.05, 0) is 25.7 Å². The van der Waals surface area contributed by atoms with Crippen LogP contribution >= 0.6 is 0 Å². The van der Waals surface area contributed by atoms with Gasteiger partial charge in [0.2, 0.25) is 0 Å². The van der Waals surface area contributed by atoms with Gasteiger partial charge in [-0.2, -0.15) is 0 Å². The summed E-state index contributed by atoms with van der Waals surface area (Å²) in [5.41, 5.74) is 0. The summed E-state index contributed by atoms with van der Waals surface area (Å²) in [5.74, 6) is 0.177. The molecule has 1 atom stereocenters. The first-order valence-corrected chi connectivity index (χ1v) is 14.1. The summed E-state index contributed by atoms with van der Waals surface area (Å²) in [7, 11) is -2.94. The van der Waals surface area contributed by atoms with Gasteiger partial charge >= 0.3 is 5.97 Å². The Morgan fingerprint density at radius 1 is 0.690 bits per heavy atom. The first-order valence-electron chi connectivity index (χ1n) is 12.3. The molecular formula is C24H48O4S. The smallest absolute Gasteiger partial charge is 0.305 e. The molecular weight excluding hydrogens is 384 g/mol. The van der Waals surface area contributed by atoms with Gasteiger partial charge in [-0.3, -0.25) is 4.79 Å². The van der Waals surface area contributed by atoms with Crippen molar-refractivity contribution in [2.24, 2.45) is 0 Å². The molecule has 0 aliphatic heterocycles. The maximum atomic E-state index is 12.4. The molecule has 0 aromatic rings. The van der Waals surface area contributed by atoms with Crippen LogP contribution in [0.5, 0.6) is 0 Å². The van der Waals surface area contributed by atoms with Crippen LogP contribution in [0, 0.1) is 0 Å². The molecule has 29 heavy (non-hydrogen) atoms. The number of rotatable bonds is 21. The average Bonchev–Trinajstić information content (AvgIpc) is 2.70. The molecule has 0 aromatic carbocycles. The van der Waals surface area contributed by atoms with Gasteiger partial charge in [0.15, 0.2) is 9.84 Å². The van der Waals surface area contributed by atoms with Crippen molar-refractivity contribution < 1.29 is 17.9 Å². The van der Waals surface area contributed by atoms with Gasteiger partial charge in [-0.25, -0.2) is 8.42 Å². The van der Waals surface area contributed by atoms with E-state index in [-0.39, 0.29) is 17.0 Å². The maximum Gasteiger partial charge on any atom is 0.305 e. The first kappa shape index (κ1) is 28.4. The monoisotopic (exact) mass is 432 g/mol. The minimum absolute atomic E-state index is 0.0813. The number of ether oxygens (including phenoxy) is 1. The minimum Gasteiger partial charge on any atom is -0.466 e. The molecule has 1 unspecified atom stereocenters. The average molecular weight is 433 g/mol. The molecule has 0 amide bonds. The van der Waals surface area contributed by atoms with E-state index in [9.17, 15) is 13.2 Å². The molecule has 0 rings (SSSR count). The van der Waals surface area contributed by atoms with E-state index in [4.69, 9.17) is 4.74 Å². The van der Waals surface area contributed by atoms with Gasteiger partial charge < -0.3 is 4.74 Å². The Kier molecular flexibility index (Phi) is 19.0. The number of carbonyl (C=O) groups is 1. The van der Waals surface area contributed by atoms with Crippen LogP contribution in [0.15, 0.2) is 0 Å². The van der Waals surface area contributed by atoms with E-state index >= 15 is 0 Å². The van der Waals surface area contributed by atoms with Crippen molar-refractivity contribution >= 4 is 15.8 Å². The number of carbonyl (C=O) groups excluding carboxylic acids is 1. The fourth-order valence-corrected chi connectivity index (χ4v) is 5.17. The standard InChI is InChI=1S/C24H48O4S/c1-4-7-9-10-11-13-16-19-23(29(26,27)6-3)20-17-14-12-15-18-21-24(25)28-22-8-5-2/h23H,4-22H2,1-3H3. The molecule has 0 N–H and O–H groups in total. The highest BCUT2D eigenvalue weighted by Crippen LogP contribution is 2.20. The van der Waals surface area contributed by atoms with Gasteiger partial charge in [0, 0.05) is 12.2 Å². The van der Waals surface area contributed by atoms with Gasteiger partial charge in [0.05, 0.1) is 11.9 Å². The molecule has 0 saturated heterocycles. The molecule has 174 valence electrons. The maximum absolute atomic E-state index is 12.4. The lowest BCUT2D eigenvalue weighted by Crippen LogP contribution is -2.23. The molecule has 0 spiro atoms. The number of unbranched alkanes of at least 4 members (excludes halogenated alkanes) is 11. The van der Waals surface area contributed by atoms with Crippen LogP contribution in [-0.2, 0) is 19.4 Å². The fraction of sp³-hybridized carbons (Fsp3) is 0.958. The van der Waals surface area contributed by atoms with Crippen molar-refractivity contribution in [3.8, 4) is 0 Å². The van der Waals surface area contributed by atoms with Gasteiger partial charge in [0.25, 0.3) is 0 Å². The van der Waals surface area contributed by atoms with Crippen molar-refractivity contribution in [3.05, 3.63) is 0 Å². The van der Waals surface area contributed by atoms with E-state index < -0.39 is 9.84 Å². The number of hydrogen-bond acceptors (Lipinski definition) is 4. The highest BCUT2D eigenvalue weighted by Gasteiger charge is 2.22. The Labute approximate surface area is 181 Å². The van der Waals surface area contributed by atoms with Gasteiger partial charge in [-0.15, -0.1) is 0 Å². The lowest BCUT2D eigenvalue weighted by atomic mass is 10.0. The van der Waals surface area contributed by atoms with E-state index in [0.717, 1.165) is 70.6 Å². The summed E-state index contributed by atoms with van der Waals surface area (Å²) in [6.07, 6.45) is 17.7. The number of esters is 1. The predicted molar refractivity (Wildman–Crippen MR) is 124 cm³/mol. The molecule has 5 heteroatoms. The summed E-state index contributed by atoms with van der Waals surface area (Å²) in [5, 5.41) is -0.156. The quantitative estimate of drug-likeness (QED) is 0.145. The summed E-state index contributed by atoms with van der Waals surface area (Å²) in [4.78, 5) is 11.5. The van der Waals surface area contributed by atoms with Crippen LogP contribution in [0.2, 0.25) is 0 Å². The van der Waals surface area contributed by atoms with Crippen LogP contribution < -0.4 is 0 Å². The van der Waals surface area contributed by atoms with Crippen molar-refractivity contribution in [2.45, 2.75) is 135 Å². The highest BCUT2D eigenvalue weighted by atomic mass is 32.2. The van der Waals surface area contributed by atoms with Crippen LogP contribution in [0.25, 0.3) is 0 Å². The second kappa shape index (κ2) is 19.4. The van der Waals surface area contributed by atoms with E-state index in [1.807, 2.05) is 0 Å². The van der Waals surface area contributed by atoms with E-state index in [2.05, 4.69) is 13.8 Å². The van der Waals surface area contributed by atoms with Crippen molar-refractivity contribution in [1.82, 2.24) is 0 Å². The highest BCUT2D eigenvalue weighted by molar-refractivity contribution is 7.92. The number of hydrogen-bond donors (Lipinski definition) is 0. The van der Waals surface area contributed by atoms with Gasteiger partial charge in [-0.1, -0.05) is 97.8 Å². The lowest BCUT2D eigenvalue weighted by molar-refractivity contribution is -0.143. The van der Waals surface area contributed by atoms with Crippen molar-refractivity contribution in [2.75, 3.05) is 12.4 Å². The van der Waals surface area contributed by atoms with Crippen LogP contribution in [0.3, 0.4) is 0 Å². The largest absolute Gasteiger partial charge is 0.466 e. The zero-order valence-corrected chi connectivity index (χ0v) is 20.4. The molecule has 0 saturated carbocycles. The topological polar surface area (TPSA) is 60.4 Å². The fourth-order valence-electron chi connectivity index (χ4n) is 3.64. The molecule has 0 aromatic heterocycles. The molecule has 0 bridgehead atoms. The lowest BCUT2D eigenvalue weighted by Gasteiger charge is -2.16. The summed E-state index contributed by atoms with van der Waals surface area (Å²) < 4.78 is 30.0. The van der Waals surface area contributed by atoms with E-state index in [1.54, 1.807) is 6.92 Å².